The van der Waals surface area contributed by atoms with E-state index >= 15 is 0 Å². The molecule has 3 aromatic carbocycles. The molecule has 0 fully saturated rings. The van der Waals surface area contributed by atoms with Crippen molar-refractivity contribution in [3.05, 3.63) is 90.0 Å². The van der Waals surface area contributed by atoms with Crippen LogP contribution in [-0.2, 0) is 32.3 Å². The summed E-state index contributed by atoms with van der Waals surface area (Å²) in [5.41, 5.74) is 1.93. The highest BCUT2D eigenvalue weighted by Gasteiger charge is 2.34. The number of hydrogen-bond acceptors (Lipinski definition) is 4. The number of hydrogen-bond donors (Lipinski definition) is 0. The van der Waals surface area contributed by atoms with E-state index < -0.39 is 8.07 Å². The Morgan fingerprint density at radius 2 is 1.10 bits per heavy atom. The molecule has 0 aliphatic heterocycles. The molecule has 4 nitrogen and oxygen atoms in total. The Hall–Kier alpha value is -3.18. The van der Waals surface area contributed by atoms with Crippen LogP contribution in [0.1, 0.15) is 25.0 Å². The van der Waals surface area contributed by atoms with Crippen LogP contribution in [0, 0.1) is 0 Å². The van der Waals surface area contributed by atoms with Gasteiger partial charge in [0, 0.05) is 13.8 Å². The molecule has 0 radical (unpaired) electrons. The molecule has 0 saturated heterocycles. The van der Waals surface area contributed by atoms with Gasteiger partial charge in [-0.05, 0) is 26.7 Å². The summed E-state index contributed by atoms with van der Waals surface area (Å²) in [4.78, 5) is 22.5. The van der Waals surface area contributed by atoms with Gasteiger partial charge in [0.05, 0.1) is 0 Å². The second-order valence-electron chi connectivity index (χ2n) is 7.45. The van der Waals surface area contributed by atoms with Crippen LogP contribution < -0.4 is 15.6 Å². The minimum Gasteiger partial charge on any atom is -0.461 e. The molecule has 0 N–H and O–H groups in total. The van der Waals surface area contributed by atoms with Crippen molar-refractivity contribution in [1.82, 2.24) is 0 Å². The zero-order chi connectivity index (χ0) is 21.6. The van der Waals surface area contributed by atoms with E-state index in [1.807, 2.05) is 30.3 Å². The molecule has 30 heavy (non-hydrogen) atoms. The minimum absolute atomic E-state index is 0.259. The maximum atomic E-state index is 11.2. The smallest absolute Gasteiger partial charge is 0.302 e. The zero-order valence-corrected chi connectivity index (χ0v) is 18.6. The van der Waals surface area contributed by atoms with Crippen LogP contribution in [-0.4, -0.2) is 20.0 Å². The third-order valence-electron chi connectivity index (χ3n) is 5.24. The van der Waals surface area contributed by atoms with Crippen molar-refractivity contribution >= 4 is 35.6 Å². The normalized spacial score (nSPS) is 11.0. The van der Waals surface area contributed by atoms with E-state index in [1.54, 1.807) is 0 Å². The third kappa shape index (κ3) is 5.05. The van der Waals surface area contributed by atoms with Gasteiger partial charge in [-0.2, -0.15) is 0 Å². The SMILES string of the molecule is CC(=O)OCc1cccc([Si](C)(c2ccccc2)c2cccc(COC(C)=O)c2)c1. The zero-order valence-electron chi connectivity index (χ0n) is 17.6. The fraction of sp³-hybridized carbons (Fsp3) is 0.200. The number of ether oxygens (including phenoxy) is 2. The van der Waals surface area contributed by atoms with E-state index in [0.29, 0.717) is 0 Å². The summed E-state index contributed by atoms with van der Waals surface area (Å²) in [5, 5.41) is 3.73. The van der Waals surface area contributed by atoms with Gasteiger partial charge < -0.3 is 9.47 Å². The van der Waals surface area contributed by atoms with E-state index in [-0.39, 0.29) is 25.2 Å². The molecule has 5 heteroatoms. The van der Waals surface area contributed by atoms with Crippen LogP contribution in [0.25, 0.3) is 0 Å². The highest BCUT2D eigenvalue weighted by molar-refractivity contribution is 7.10. The van der Waals surface area contributed by atoms with E-state index in [9.17, 15) is 9.59 Å². The summed E-state index contributed by atoms with van der Waals surface area (Å²) in [6.07, 6.45) is 0. The van der Waals surface area contributed by atoms with Crippen LogP contribution in [0.15, 0.2) is 78.9 Å². The fourth-order valence-corrected chi connectivity index (χ4v) is 7.25. The first-order valence-corrected chi connectivity index (χ1v) is 12.4. The van der Waals surface area contributed by atoms with Crippen LogP contribution in [0.4, 0.5) is 0 Å². The number of carbonyl (C=O) groups is 2. The standard InChI is InChI=1S/C25H26O4Si/c1-19(26)28-17-21-9-7-13-24(15-21)30(3,23-11-5-4-6-12-23)25-14-8-10-22(16-25)18-29-20(2)27/h4-16H,17-18H2,1-3H3. The lowest BCUT2D eigenvalue weighted by atomic mass is 10.2. The number of carbonyl (C=O) groups excluding carboxylic acids is 2. The molecule has 3 rings (SSSR count). The van der Waals surface area contributed by atoms with Gasteiger partial charge in [0.15, 0.2) is 0 Å². The van der Waals surface area contributed by atoms with Crippen molar-refractivity contribution in [2.45, 2.75) is 33.6 Å². The molecule has 154 valence electrons. The van der Waals surface area contributed by atoms with Gasteiger partial charge in [-0.3, -0.25) is 9.59 Å². The molecular formula is C25H26O4Si. The molecule has 0 aliphatic carbocycles. The monoisotopic (exact) mass is 418 g/mol. The van der Waals surface area contributed by atoms with E-state index in [1.165, 1.54) is 29.4 Å². The average Bonchev–Trinajstić information content (AvgIpc) is 2.76. The largest absolute Gasteiger partial charge is 0.461 e. The van der Waals surface area contributed by atoms with Crippen LogP contribution in [0.3, 0.4) is 0 Å². The van der Waals surface area contributed by atoms with E-state index in [4.69, 9.17) is 9.47 Å². The summed E-state index contributed by atoms with van der Waals surface area (Å²) in [6, 6.07) is 27.0. The Labute approximate surface area is 178 Å². The van der Waals surface area contributed by atoms with Gasteiger partial charge in [-0.1, -0.05) is 85.4 Å². The molecule has 0 bridgehead atoms. The second kappa shape index (κ2) is 9.54. The van der Waals surface area contributed by atoms with Crippen LogP contribution in [0.2, 0.25) is 6.55 Å². The number of benzene rings is 3. The highest BCUT2D eigenvalue weighted by Crippen LogP contribution is 2.11. The lowest BCUT2D eigenvalue weighted by Crippen LogP contribution is -2.64. The summed E-state index contributed by atoms with van der Waals surface area (Å²) >= 11 is 0. The quantitative estimate of drug-likeness (QED) is 0.336. The molecule has 0 saturated carbocycles. The van der Waals surface area contributed by atoms with Crippen molar-refractivity contribution in [2.75, 3.05) is 0 Å². The average molecular weight is 419 g/mol. The van der Waals surface area contributed by atoms with Gasteiger partial charge in [-0.25, -0.2) is 0 Å². The van der Waals surface area contributed by atoms with Gasteiger partial charge in [0.1, 0.15) is 21.3 Å². The first kappa shape index (κ1) is 21.5. The molecule has 0 atom stereocenters. The molecule has 0 aromatic heterocycles. The third-order valence-corrected chi connectivity index (χ3v) is 9.66. The predicted octanol–water partition coefficient (Wildman–Crippen LogP) is 2.91. The maximum absolute atomic E-state index is 11.2. The van der Waals surface area contributed by atoms with E-state index in [2.05, 4.69) is 55.1 Å². The van der Waals surface area contributed by atoms with Crippen molar-refractivity contribution in [2.24, 2.45) is 0 Å². The summed E-state index contributed by atoms with van der Waals surface area (Å²) in [7, 11) is -2.33. The first-order valence-electron chi connectivity index (χ1n) is 9.90. The Morgan fingerprint density at radius 1 is 0.667 bits per heavy atom. The topological polar surface area (TPSA) is 52.6 Å². The minimum atomic E-state index is -2.33. The highest BCUT2D eigenvalue weighted by atomic mass is 28.3. The maximum Gasteiger partial charge on any atom is 0.302 e. The molecule has 0 unspecified atom stereocenters. The Morgan fingerprint density at radius 3 is 1.53 bits per heavy atom. The van der Waals surface area contributed by atoms with Crippen LogP contribution in [0.5, 0.6) is 0 Å². The molecule has 3 aromatic rings. The summed E-state index contributed by atoms with van der Waals surface area (Å²) in [6.45, 7) is 5.67. The molecule has 0 aliphatic rings. The van der Waals surface area contributed by atoms with Gasteiger partial charge in [0.25, 0.3) is 0 Å². The lowest BCUT2D eigenvalue weighted by molar-refractivity contribution is -0.143. The lowest BCUT2D eigenvalue weighted by Gasteiger charge is -2.30. The van der Waals surface area contributed by atoms with Crippen molar-refractivity contribution in [3.63, 3.8) is 0 Å². The predicted molar refractivity (Wildman–Crippen MR) is 121 cm³/mol. The molecular weight excluding hydrogens is 392 g/mol. The van der Waals surface area contributed by atoms with Crippen LogP contribution >= 0.6 is 0 Å². The second-order valence-corrected chi connectivity index (χ2v) is 11.4. The van der Waals surface area contributed by atoms with Gasteiger partial charge in [0.2, 0.25) is 0 Å². The van der Waals surface area contributed by atoms with Gasteiger partial charge in [-0.15, -0.1) is 0 Å². The number of esters is 2. The summed E-state index contributed by atoms with van der Waals surface area (Å²) < 4.78 is 10.4. The first-order chi connectivity index (χ1) is 14.4. The van der Waals surface area contributed by atoms with Crippen molar-refractivity contribution in [3.8, 4) is 0 Å². The van der Waals surface area contributed by atoms with Crippen molar-refractivity contribution < 1.29 is 19.1 Å². The fourth-order valence-electron chi connectivity index (χ4n) is 3.59. The molecule has 0 spiro atoms. The van der Waals surface area contributed by atoms with Gasteiger partial charge >= 0.3 is 11.9 Å². The van der Waals surface area contributed by atoms with Crippen molar-refractivity contribution in [1.29, 1.82) is 0 Å². The summed E-state index contributed by atoms with van der Waals surface area (Å²) in [5.74, 6) is -0.580. The Balaban J connectivity index is 2.08. The Bertz CT molecular complexity index is 969. The number of rotatable bonds is 7. The Kier molecular flexibility index (Phi) is 6.85. The molecule has 0 amide bonds. The van der Waals surface area contributed by atoms with E-state index in [0.717, 1.165) is 11.1 Å². The molecule has 0 heterocycles.